The quantitative estimate of drug-likeness (QED) is 0.452. The normalized spacial score (nSPS) is 13.3. The van der Waals surface area contributed by atoms with Gasteiger partial charge < -0.3 is 4.74 Å². The van der Waals surface area contributed by atoms with Gasteiger partial charge in [0.2, 0.25) is 5.78 Å². The zero-order valence-electron chi connectivity index (χ0n) is 7.61. The van der Waals surface area contributed by atoms with E-state index in [-0.39, 0.29) is 10.1 Å². The highest BCUT2D eigenvalue weighted by molar-refractivity contribution is 9.12. The van der Waals surface area contributed by atoms with E-state index in [0.717, 1.165) is 0 Å². The van der Waals surface area contributed by atoms with E-state index >= 15 is 0 Å². The molecule has 13 heavy (non-hydrogen) atoms. The van der Waals surface area contributed by atoms with Crippen LogP contribution in [0.1, 0.15) is 20.8 Å². The lowest BCUT2D eigenvalue weighted by Gasteiger charge is -2.18. The maximum absolute atomic E-state index is 11.1. The molecule has 2 nitrogen and oxygen atoms in total. The van der Waals surface area contributed by atoms with E-state index in [4.69, 9.17) is 27.9 Å². The average Bonchev–Trinajstić information content (AvgIpc) is 1.97. The Balaban J connectivity index is 4.26. The molecule has 0 saturated heterocycles. The van der Waals surface area contributed by atoms with Crippen LogP contribution < -0.4 is 0 Å². The van der Waals surface area contributed by atoms with Crippen LogP contribution in [0.15, 0.2) is 10.7 Å². The fraction of sp³-hybridized carbons (Fsp3) is 0.625. The van der Waals surface area contributed by atoms with Gasteiger partial charge in [0.1, 0.15) is 6.26 Å². The lowest BCUT2D eigenvalue weighted by molar-refractivity contribution is -0.113. The zero-order valence-corrected chi connectivity index (χ0v) is 10.7. The molecule has 0 rings (SSSR count). The van der Waals surface area contributed by atoms with Gasteiger partial charge in [-0.1, -0.05) is 23.2 Å². The van der Waals surface area contributed by atoms with Crippen LogP contribution in [-0.2, 0) is 9.53 Å². The van der Waals surface area contributed by atoms with Crippen molar-refractivity contribution in [2.75, 3.05) is 0 Å². The summed E-state index contributed by atoms with van der Waals surface area (Å²) in [5, 5.41) is 0. The van der Waals surface area contributed by atoms with Gasteiger partial charge in [-0.05, 0) is 36.7 Å². The molecule has 0 aromatic heterocycles. The van der Waals surface area contributed by atoms with Gasteiger partial charge in [-0.3, -0.25) is 4.79 Å². The van der Waals surface area contributed by atoms with E-state index < -0.39 is 10.6 Å². The van der Waals surface area contributed by atoms with Gasteiger partial charge in [-0.25, -0.2) is 0 Å². The molecule has 76 valence electrons. The van der Waals surface area contributed by atoms with Gasteiger partial charge in [0, 0.05) is 0 Å². The smallest absolute Gasteiger partial charge is 0.205 e. The predicted octanol–water partition coefficient (Wildman–Crippen LogP) is 3.41. The third-order valence-corrected chi connectivity index (χ3v) is 1.92. The first-order valence-corrected chi connectivity index (χ1v) is 5.26. The van der Waals surface area contributed by atoms with Crippen LogP contribution in [0.3, 0.4) is 0 Å². The molecule has 0 fully saturated rings. The van der Waals surface area contributed by atoms with E-state index in [9.17, 15) is 4.79 Å². The molecule has 0 aliphatic rings. The minimum atomic E-state index is -1.06. The fourth-order valence-electron chi connectivity index (χ4n) is 0.391. The van der Waals surface area contributed by atoms with Crippen molar-refractivity contribution in [3.05, 3.63) is 10.7 Å². The third kappa shape index (κ3) is 6.36. The van der Waals surface area contributed by atoms with Gasteiger partial charge in [-0.2, -0.15) is 0 Å². The van der Waals surface area contributed by atoms with Gasteiger partial charge >= 0.3 is 0 Å². The number of hydrogen-bond donors (Lipinski definition) is 0. The Morgan fingerprint density at radius 3 is 2.23 bits per heavy atom. The SMILES string of the molecule is CC(C)(C)O/C=C(\Br)C(=O)C(Cl)Cl. The van der Waals surface area contributed by atoms with Crippen molar-refractivity contribution >= 4 is 44.9 Å². The first kappa shape index (κ1) is 13.3. The van der Waals surface area contributed by atoms with Crippen LogP contribution in [0.25, 0.3) is 0 Å². The maximum atomic E-state index is 11.1. The summed E-state index contributed by atoms with van der Waals surface area (Å²) in [5.41, 5.74) is -0.340. The molecular formula is C8H11BrCl2O2. The highest BCUT2D eigenvalue weighted by atomic mass is 79.9. The fourth-order valence-corrected chi connectivity index (χ4v) is 1.21. The van der Waals surface area contributed by atoms with E-state index in [2.05, 4.69) is 15.9 Å². The van der Waals surface area contributed by atoms with Gasteiger partial charge in [0.25, 0.3) is 0 Å². The molecule has 0 radical (unpaired) electrons. The summed E-state index contributed by atoms with van der Waals surface area (Å²) in [4.78, 5) is 10.0. The van der Waals surface area contributed by atoms with E-state index in [1.54, 1.807) is 0 Å². The minimum absolute atomic E-state index is 0.234. The summed E-state index contributed by atoms with van der Waals surface area (Å²) >= 11 is 13.7. The third-order valence-electron chi connectivity index (χ3n) is 0.950. The summed E-state index contributed by atoms with van der Waals surface area (Å²) < 4.78 is 5.45. The lowest BCUT2D eigenvalue weighted by atomic mass is 10.2. The van der Waals surface area contributed by atoms with Crippen LogP contribution in [0.4, 0.5) is 0 Å². The molecular weight excluding hydrogens is 279 g/mol. The highest BCUT2D eigenvalue weighted by Crippen LogP contribution is 2.17. The van der Waals surface area contributed by atoms with Gasteiger partial charge in [0.15, 0.2) is 4.84 Å². The van der Waals surface area contributed by atoms with Crippen molar-refractivity contribution in [2.45, 2.75) is 31.2 Å². The Labute approximate surface area is 96.4 Å². The zero-order chi connectivity index (χ0) is 10.6. The van der Waals surface area contributed by atoms with E-state index in [1.165, 1.54) is 6.26 Å². The minimum Gasteiger partial charge on any atom is -0.494 e. The monoisotopic (exact) mass is 288 g/mol. The molecule has 0 unspecified atom stereocenters. The first-order valence-electron chi connectivity index (χ1n) is 3.60. The molecule has 0 N–H and O–H groups in total. The first-order chi connectivity index (χ1) is 5.74. The summed E-state index contributed by atoms with van der Waals surface area (Å²) in [6.45, 7) is 5.60. The van der Waals surface area contributed by atoms with Crippen molar-refractivity contribution in [1.29, 1.82) is 0 Å². The van der Waals surface area contributed by atoms with Gasteiger partial charge in [-0.15, -0.1) is 0 Å². The Morgan fingerprint density at radius 1 is 1.46 bits per heavy atom. The standard InChI is InChI=1S/C8H11BrCl2O2/c1-8(2,3)13-4-5(9)6(12)7(10)11/h4,7H,1-3H3/b5-4-. The molecule has 0 aromatic carbocycles. The van der Waals surface area contributed by atoms with Crippen molar-refractivity contribution in [3.63, 3.8) is 0 Å². The molecule has 0 atom stereocenters. The molecule has 0 bridgehead atoms. The number of ketones is 1. The number of carbonyl (C=O) groups excluding carboxylic acids is 1. The number of halogens is 3. The van der Waals surface area contributed by atoms with Crippen LogP contribution in [0.5, 0.6) is 0 Å². The number of alkyl halides is 2. The molecule has 0 spiro atoms. The number of allylic oxidation sites excluding steroid dienone is 1. The van der Waals surface area contributed by atoms with Gasteiger partial charge in [0.05, 0.1) is 10.1 Å². The summed E-state index contributed by atoms with van der Waals surface area (Å²) in [6, 6.07) is 0. The van der Waals surface area contributed by atoms with Crippen molar-refractivity contribution in [1.82, 2.24) is 0 Å². The molecule has 0 aliphatic carbocycles. The number of carbonyl (C=O) groups is 1. The second kappa shape index (κ2) is 5.23. The molecule has 0 aromatic rings. The van der Waals surface area contributed by atoms with Crippen LogP contribution in [0, 0.1) is 0 Å². The molecule has 5 heteroatoms. The van der Waals surface area contributed by atoms with Crippen LogP contribution in [0.2, 0.25) is 0 Å². The highest BCUT2D eigenvalue weighted by Gasteiger charge is 2.16. The Hall–Kier alpha value is 0.270. The van der Waals surface area contributed by atoms with Crippen LogP contribution >= 0.6 is 39.1 Å². The lowest BCUT2D eigenvalue weighted by Crippen LogP contribution is -2.16. The Kier molecular flexibility index (Phi) is 5.33. The molecule has 0 heterocycles. The molecule has 0 amide bonds. The number of hydrogen-bond acceptors (Lipinski definition) is 2. The second-order valence-electron chi connectivity index (χ2n) is 3.36. The summed E-state index contributed by atoms with van der Waals surface area (Å²) in [6.07, 6.45) is 1.31. The second-order valence-corrected chi connectivity index (χ2v) is 5.31. The van der Waals surface area contributed by atoms with Crippen molar-refractivity contribution < 1.29 is 9.53 Å². The van der Waals surface area contributed by atoms with E-state index in [0.29, 0.717) is 0 Å². The van der Waals surface area contributed by atoms with E-state index in [1.807, 2.05) is 20.8 Å². The largest absolute Gasteiger partial charge is 0.494 e. The number of ether oxygens (including phenoxy) is 1. The topological polar surface area (TPSA) is 26.3 Å². The van der Waals surface area contributed by atoms with Crippen LogP contribution in [-0.4, -0.2) is 16.2 Å². The van der Waals surface area contributed by atoms with Crippen molar-refractivity contribution in [2.24, 2.45) is 0 Å². The maximum Gasteiger partial charge on any atom is 0.205 e. The van der Waals surface area contributed by atoms with Crippen molar-refractivity contribution in [3.8, 4) is 0 Å². The predicted molar refractivity (Wildman–Crippen MR) is 58.3 cm³/mol. The summed E-state index contributed by atoms with van der Waals surface area (Å²) in [7, 11) is 0. The number of Topliss-reactive ketones (excluding diaryl/α,β-unsaturated/α-hetero) is 1. The molecule has 0 saturated carbocycles. The summed E-state index contributed by atoms with van der Waals surface area (Å²) in [5.74, 6) is -0.410. The number of rotatable bonds is 3. The molecule has 0 aliphatic heterocycles. The Morgan fingerprint density at radius 2 is 1.92 bits per heavy atom. The average molecular weight is 290 g/mol. The Bertz CT molecular complexity index is 219.